The maximum absolute atomic E-state index is 12.7. The molecular formula is C36H54O8. The molecular weight excluding hydrogens is 560 g/mol. The van der Waals surface area contributed by atoms with Gasteiger partial charge in [0.05, 0.1) is 38.3 Å². The molecule has 0 fully saturated rings. The van der Waals surface area contributed by atoms with Gasteiger partial charge in [0.1, 0.15) is 24.7 Å². The fourth-order valence-corrected chi connectivity index (χ4v) is 4.87. The first kappa shape index (κ1) is 37.1. The van der Waals surface area contributed by atoms with E-state index in [4.69, 9.17) is 18.9 Å². The lowest BCUT2D eigenvalue weighted by Crippen LogP contribution is -2.20. The number of ether oxygens (including phenoxy) is 4. The largest absolute Gasteiger partial charge is 0.507 e. The molecule has 0 saturated carbocycles. The van der Waals surface area contributed by atoms with E-state index in [1.54, 1.807) is 13.8 Å². The van der Waals surface area contributed by atoms with Gasteiger partial charge >= 0.3 is 11.9 Å². The van der Waals surface area contributed by atoms with Gasteiger partial charge in [-0.05, 0) is 70.9 Å². The quantitative estimate of drug-likeness (QED) is 0.166. The van der Waals surface area contributed by atoms with Crippen molar-refractivity contribution in [1.29, 1.82) is 0 Å². The molecule has 0 saturated heterocycles. The lowest BCUT2D eigenvalue weighted by molar-refractivity contribution is -0.148. The topological polar surface area (TPSA) is 112 Å². The van der Waals surface area contributed by atoms with Gasteiger partial charge in [0.2, 0.25) is 0 Å². The van der Waals surface area contributed by atoms with Crippen LogP contribution in [0.1, 0.15) is 114 Å². The Hall–Kier alpha value is -3.10. The first-order chi connectivity index (χ1) is 20.5. The summed E-state index contributed by atoms with van der Waals surface area (Å²) >= 11 is 0. The van der Waals surface area contributed by atoms with Crippen molar-refractivity contribution in [2.24, 2.45) is 0 Å². The summed E-state index contributed by atoms with van der Waals surface area (Å²) in [5, 5.41) is 21.3. The lowest BCUT2D eigenvalue weighted by atomic mass is 9.82. The third-order valence-corrected chi connectivity index (χ3v) is 7.82. The van der Waals surface area contributed by atoms with E-state index in [0.29, 0.717) is 37.6 Å². The third-order valence-electron chi connectivity index (χ3n) is 7.82. The summed E-state index contributed by atoms with van der Waals surface area (Å²) in [6.45, 7) is 21.1. The lowest BCUT2D eigenvalue weighted by Gasteiger charge is -2.24. The van der Waals surface area contributed by atoms with E-state index in [1.807, 2.05) is 79.7 Å². The highest BCUT2D eigenvalue weighted by molar-refractivity contribution is 5.78. The summed E-state index contributed by atoms with van der Waals surface area (Å²) in [4.78, 5) is 25.4. The van der Waals surface area contributed by atoms with E-state index in [9.17, 15) is 19.8 Å². The standard InChI is InChI=1S/C36H54O8/c1-11-25-19-27(21-29(31(25)37)35(5,6)7)23(3)33(39)43-17-15-41-13-14-42-16-18-44-34(40)24(4)28-20-26(12-2)32(38)30(22-28)36(8,9)10/h19-24,37-38H,11-18H2,1-10H3. The fourth-order valence-electron chi connectivity index (χ4n) is 4.87. The Kier molecular flexibility index (Phi) is 13.7. The summed E-state index contributed by atoms with van der Waals surface area (Å²) in [6, 6.07) is 7.54. The molecule has 8 nitrogen and oxygen atoms in total. The van der Waals surface area contributed by atoms with Crippen molar-refractivity contribution in [2.75, 3.05) is 39.6 Å². The molecule has 2 N–H and O–H groups in total. The summed E-state index contributed by atoms with van der Waals surface area (Å²) in [5.74, 6) is -1.05. The molecule has 0 aromatic heterocycles. The monoisotopic (exact) mass is 614 g/mol. The SMILES string of the molecule is CCc1cc(C(C)C(=O)OCCOCCOCCOC(=O)C(C)c2cc(CC)c(O)c(C(C)(C)C)c2)cc(C(C)(C)C)c1O. The Morgan fingerprint density at radius 3 is 1.23 bits per heavy atom. The number of benzene rings is 2. The Bertz CT molecular complexity index is 1150. The van der Waals surface area contributed by atoms with E-state index in [2.05, 4.69) is 0 Å². The second-order valence-corrected chi connectivity index (χ2v) is 13.4. The van der Waals surface area contributed by atoms with E-state index in [0.717, 1.165) is 33.4 Å². The van der Waals surface area contributed by atoms with Crippen LogP contribution in [0.3, 0.4) is 0 Å². The summed E-state index contributed by atoms with van der Waals surface area (Å²) in [7, 11) is 0. The van der Waals surface area contributed by atoms with Crippen molar-refractivity contribution in [3.63, 3.8) is 0 Å². The second kappa shape index (κ2) is 16.3. The maximum Gasteiger partial charge on any atom is 0.313 e. The van der Waals surface area contributed by atoms with Crippen molar-refractivity contribution in [1.82, 2.24) is 0 Å². The third kappa shape index (κ3) is 10.2. The van der Waals surface area contributed by atoms with Crippen LogP contribution < -0.4 is 0 Å². The first-order valence-electron chi connectivity index (χ1n) is 15.7. The molecule has 2 atom stereocenters. The molecule has 2 unspecified atom stereocenters. The molecule has 2 rings (SSSR count). The average molecular weight is 615 g/mol. The van der Waals surface area contributed by atoms with E-state index in [-0.39, 0.29) is 49.2 Å². The van der Waals surface area contributed by atoms with Gasteiger partial charge in [-0.15, -0.1) is 0 Å². The van der Waals surface area contributed by atoms with Gasteiger partial charge in [-0.3, -0.25) is 9.59 Å². The average Bonchev–Trinajstić information content (AvgIpc) is 2.96. The Balaban J connectivity index is 1.70. The predicted octanol–water partition coefficient (Wildman–Crippen LogP) is 6.84. The summed E-state index contributed by atoms with van der Waals surface area (Å²) < 4.78 is 21.9. The normalized spacial score (nSPS) is 13.4. The highest BCUT2D eigenvalue weighted by atomic mass is 16.6. The molecule has 0 amide bonds. The molecule has 0 spiro atoms. The van der Waals surface area contributed by atoms with Crippen LogP contribution in [-0.4, -0.2) is 61.8 Å². The minimum Gasteiger partial charge on any atom is -0.507 e. The van der Waals surface area contributed by atoms with Gasteiger partial charge in [0.25, 0.3) is 0 Å². The number of hydrogen-bond acceptors (Lipinski definition) is 8. The number of hydrogen-bond donors (Lipinski definition) is 2. The number of aromatic hydroxyl groups is 2. The van der Waals surface area contributed by atoms with Crippen LogP contribution in [0.15, 0.2) is 24.3 Å². The van der Waals surface area contributed by atoms with Gasteiger partial charge in [0.15, 0.2) is 0 Å². The van der Waals surface area contributed by atoms with Gasteiger partial charge in [-0.25, -0.2) is 0 Å². The van der Waals surface area contributed by atoms with Gasteiger partial charge in [-0.1, -0.05) is 79.7 Å². The zero-order valence-electron chi connectivity index (χ0n) is 28.5. The molecule has 0 radical (unpaired) electrons. The number of phenolic OH excluding ortho intramolecular Hbond substituents is 2. The van der Waals surface area contributed by atoms with Gasteiger partial charge < -0.3 is 29.2 Å². The highest BCUT2D eigenvalue weighted by Crippen LogP contribution is 2.38. The van der Waals surface area contributed by atoms with Crippen molar-refractivity contribution in [3.05, 3.63) is 57.6 Å². The van der Waals surface area contributed by atoms with Crippen molar-refractivity contribution in [2.45, 2.75) is 105 Å². The molecule has 0 aliphatic heterocycles. The number of carbonyl (C=O) groups excluding carboxylic acids is 2. The maximum atomic E-state index is 12.7. The van der Waals surface area contributed by atoms with Crippen LogP contribution in [0, 0.1) is 0 Å². The molecule has 0 aliphatic rings. The Labute approximate surface area is 264 Å². The minimum atomic E-state index is -0.473. The van der Waals surface area contributed by atoms with Crippen molar-refractivity contribution >= 4 is 11.9 Å². The highest BCUT2D eigenvalue weighted by Gasteiger charge is 2.26. The van der Waals surface area contributed by atoms with Crippen LogP contribution >= 0.6 is 0 Å². The molecule has 44 heavy (non-hydrogen) atoms. The molecule has 0 aliphatic carbocycles. The fraction of sp³-hybridized carbons (Fsp3) is 0.611. The first-order valence-corrected chi connectivity index (χ1v) is 15.7. The van der Waals surface area contributed by atoms with Crippen LogP contribution in [0.5, 0.6) is 11.5 Å². The van der Waals surface area contributed by atoms with E-state index >= 15 is 0 Å². The number of carbonyl (C=O) groups is 2. The molecule has 2 aromatic carbocycles. The molecule has 2 aromatic rings. The van der Waals surface area contributed by atoms with Crippen LogP contribution in [0.4, 0.5) is 0 Å². The number of rotatable bonds is 15. The smallest absolute Gasteiger partial charge is 0.313 e. The Morgan fingerprint density at radius 1 is 0.614 bits per heavy atom. The summed E-state index contributed by atoms with van der Waals surface area (Å²) in [6.07, 6.45) is 1.33. The predicted molar refractivity (Wildman–Crippen MR) is 173 cm³/mol. The second-order valence-electron chi connectivity index (χ2n) is 13.4. The van der Waals surface area contributed by atoms with Crippen LogP contribution in [0.2, 0.25) is 0 Å². The van der Waals surface area contributed by atoms with Crippen LogP contribution in [-0.2, 0) is 52.2 Å². The Morgan fingerprint density at radius 2 is 0.932 bits per heavy atom. The molecule has 0 bridgehead atoms. The van der Waals surface area contributed by atoms with E-state index < -0.39 is 11.8 Å². The van der Waals surface area contributed by atoms with Crippen molar-refractivity contribution < 1.29 is 38.7 Å². The van der Waals surface area contributed by atoms with Gasteiger partial charge in [0, 0.05) is 0 Å². The number of phenols is 2. The number of aryl methyl sites for hydroxylation is 2. The molecule has 0 heterocycles. The summed E-state index contributed by atoms with van der Waals surface area (Å²) in [5.41, 5.74) is 4.40. The minimum absolute atomic E-state index is 0.122. The molecule has 246 valence electrons. The van der Waals surface area contributed by atoms with Crippen LogP contribution in [0.25, 0.3) is 0 Å². The van der Waals surface area contributed by atoms with Crippen molar-refractivity contribution in [3.8, 4) is 11.5 Å². The van der Waals surface area contributed by atoms with E-state index in [1.165, 1.54) is 0 Å². The zero-order valence-corrected chi connectivity index (χ0v) is 28.5. The molecule has 8 heteroatoms. The number of esters is 2. The van der Waals surface area contributed by atoms with Gasteiger partial charge in [-0.2, -0.15) is 0 Å². The zero-order chi connectivity index (χ0) is 33.2.